The smallest absolute Gasteiger partial charge is 0.247 e. The number of nitrogens with zero attached hydrogens (tertiary/aromatic N) is 2. The lowest BCUT2D eigenvalue weighted by molar-refractivity contribution is -0.127. The number of rotatable bonds is 11. The zero-order chi connectivity index (χ0) is 24.5. The van der Waals surface area contributed by atoms with E-state index in [1.54, 1.807) is 12.1 Å². The lowest BCUT2D eigenvalue weighted by Crippen LogP contribution is -2.53. The summed E-state index contributed by atoms with van der Waals surface area (Å²) in [5, 5.41) is 4.44. The molecule has 0 saturated heterocycles. The van der Waals surface area contributed by atoms with Crippen LogP contribution in [0.1, 0.15) is 26.7 Å². The van der Waals surface area contributed by atoms with E-state index in [4.69, 9.17) is 22.9 Å². The average molecular weight is 456 g/mol. The maximum Gasteiger partial charge on any atom is 0.247 e. The highest BCUT2D eigenvalue weighted by Gasteiger charge is 2.30. The van der Waals surface area contributed by atoms with Crippen LogP contribution in [0.3, 0.4) is 0 Å². The predicted molar refractivity (Wildman–Crippen MR) is 130 cm³/mol. The maximum absolute atomic E-state index is 13.3. The predicted octanol–water partition coefficient (Wildman–Crippen LogP) is 0.180. The summed E-state index contributed by atoms with van der Waals surface area (Å²) >= 11 is 0. The molecule has 9 N–H and O–H groups in total. The summed E-state index contributed by atoms with van der Waals surface area (Å²) in [5.74, 6) is -1.75. The number of guanidine groups is 1. The Balaban J connectivity index is 2.34. The summed E-state index contributed by atoms with van der Waals surface area (Å²) in [6, 6.07) is 11.3. The quantitative estimate of drug-likeness (QED) is 0.183. The molecule has 0 heterocycles. The number of fused-ring (bicyclic) bond motifs is 1. The normalized spacial score (nSPS) is 12.7. The van der Waals surface area contributed by atoms with Crippen molar-refractivity contribution in [3.8, 4) is 0 Å². The molecule has 2 rings (SSSR count). The summed E-state index contributed by atoms with van der Waals surface area (Å²) in [4.78, 5) is 43.1. The van der Waals surface area contributed by atoms with Gasteiger partial charge in [0.1, 0.15) is 6.04 Å². The molecule has 3 amide bonds. The molecule has 0 aromatic heterocycles. The third-order valence-electron chi connectivity index (χ3n) is 5.28. The molecule has 10 heteroatoms. The molecule has 0 aliphatic carbocycles. The van der Waals surface area contributed by atoms with E-state index in [-0.39, 0.29) is 31.4 Å². The van der Waals surface area contributed by atoms with Crippen LogP contribution in [0, 0.1) is 5.92 Å². The first-order valence-electron chi connectivity index (χ1n) is 10.8. The zero-order valence-electron chi connectivity index (χ0n) is 19.0. The fourth-order valence-corrected chi connectivity index (χ4v) is 3.38. The van der Waals surface area contributed by atoms with E-state index in [2.05, 4.69) is 10.3 Å². The number of aliphatic imine (C=N–C) groups is 1. The first-order valence-corrected chi connectivity index (χ1v) is 10.8. The standard InChI is InChI=1S/C23H33N7O3/c1-14(2)20(24)22(33)29-13-19(31)30(18(21(25)32)8-5-11-28-23(26)27)17-10-9-15-6-3-4-7-16(15)12-17/h3-4,6-7,9-10,12,14,18,20H,5,8,11,13,24H2,1-2H3,(H2,25,32)(H,29,33)(H4,26,27,28). The van der Waals surface area contributed by atoms with Crippen LogP contribution in [0.4, 0.5) is 5.69 Å². The molecule has 2 aromatic carbocycles. The largest absolute Gasteiger partial charge is 0.370 e. The fraction of sp³-hybridized carbons (Fsp3) is 0.391. The monoisotopic (exact) mass is 455 g/mol. The molecule has 0 fully saturated rings. The molecular formula is C23H33N7O3. The van der Waals surface area contributed by atoms with Gasteiger partial charge in [0.15, 0.2) is 5.96 Å². The van der Waals surface area contributed by atoms with E-state index < -0.39 is 29.8 Å². The van der Waals surface area contributed by atoms with Crippen molar-refractivity contribution >= 4 is 40.1 Å². The van der Waals surface area contributed by atoms with Gasteiger partial charge in [-0.05, 0) is 41.7 Å². The summed E-state index contributed by atoms with van der Waals surface area (Å²) in [5.41, 5.74) is 22.8. The second-order valence-electron chi connectivity index (χ2n) is 8.15. The van der Waals surface area contributed by atoms with E-state index in [9.17, 15) is 14.4 Å². The molecule has 178 valence electrons. The third kappa shape index (κ3) is 7.18. The molecule has 10 nitrogen and oxygen atoms in total. The van der Waals surface area contributed by atoms with Gasteiger partial charge in [-0.15, -0.1) is 0 Å². The summed E-state index contributed by atoms with van der Waals surface area (Å²) in [7, 11) is 0. The molecule has 2 aromatic rings. The molecule has 0 spiro atoms. The molecule has 0 saturated carbocycles. The summed E-state index contributed by atoms with van der Waals surface area (Å²) in [6.45, 7) is 3.58. The first-order chi connectivity index (χ1) is 15.6. The van der Waals surface area contributed by atoms with Crippen molar-refractivity contribution in [1.29, 1.82) is 0 Å². The molecule has 33 heavy (non-hydrogen) atoms. The van der Waals surface area contributed by atoms with E-state index in [1.807, 2.05) is 44.2 Å². The van der Waals surface area contributed by atoms with Crippen LogP contribution in [0.25, 0.3) is 10.8 Å². The number of anilines is 1. The molecular weight excluding hydrogens is 422 g/mol. The van der Waals surface area contributed by atoms with Crippen molar-refractivity contribution in [3.05, 3.63) is 42.5 Å². The lowest BCUT2D eigenvalue weighted by atomic mass is 10.0. The SMILES string of the molecule is CC(C)C(N)C(=O)NCC(=O)N(c1ccc2ccccc2c1)C(CCCN=C(N)N)C(N)=O. The third-order valence-corrected chi connectivity index (χ3v) is 5.28. The molecule has 0 radical (unpaired) electrons. The van der Waals surface area contributed by atoms with Gasteiger partial charge in [-0.25, -0.2) is 0 Å². The fourth-order valence-electron chi connectivity index (χ4n) is 3.38. The van der Waals surface area contributed by atoms with Crippen LogP contribution in [0.5, 0.6) is 0 Å². The molecule has 0 aliphatic heterocycles. The number of hydrogen-bond donors (Lipinski definition) is 5. The van der Waals surface area contributed by atoms with Crippen molar-refractivity contribution in [1.82, 2.24) is 5.32 Å². The van der Waals surface area contributed by atoms with Crippen molar-refractivity contribution < 1.29 is 14.4 Å². The van der Waals surface area contributed by atoms with Gasteiger partial charge in [-0.1, -0.05) is 44.2 Å². The van der Waals surface area contributed by atoms with E-state index >= 15 is 0 Å². The Morgan fingerprint density at radius 2 is 1.70 bits per heavy atom. The van der Waals surface area contributed by atoms with Gasteiger partial charge in [-0.3, -0.25) is 24.3 Å². The van der Waals surface area contributed by atoms with Crippen molar-refractivity contribution in [2.24, 2.45) is 33.8 Å². The van der Waals surface area contributed by atoms with Crippen molar-refractivity contribution in [3.63, 3.8) is 0 Å². The second kappa shape index (κ2) is 11.8. The minimum Gasteiger partial charge on any atom is -0.370 e. The van der Waals surface area contributed by atoms with E-state index in [0.717, 1.165) is 10.8 Å². The second-order valence-corrected chi connectivity index (χ2v) is 8.15. The van der Waals surface area contributed by atoms with Gasteiger partial charge in [0, 0.05) is 12.2 Å². The van der Waals surface area contributed by atoms with Crippen LogP contribution >= 0.6 is 0 Å². The number of nitrogens with one attached hydrogen (secondary N) is 1. The Kier molecular flexibility index (Phi) is 9.17. The average Bonchev–Trinajstić information content (AvgIpc) is 2.78. The first kappa shape index (κ1) is 25.6. The minimum absolute atomic E-state index is 0.0581. The topological polar surface area (TPSA) is 183 Å². The molecule has 0 bridgehead atoms. The number of hydrogen-bond acceptors (Lipinski definition) is 5. The van der Waals surface area contributed by atoms with E-state index in [1.165, 1.54) is 4.90 Å². The van der Waals surface area contributed by atoms with Gasteiger partial charge >= 0.3 is 0 Å². The number of nitrogens with two attached hydrogens (primary N) is 4. The van der Waals surface area contributed by atoms with Gasteiger partial charge < -0.3 is 28.3 Å². The Bertz CT molecular complexity index is 1020. The number of primary amides is 1. The number of benzene rings is 2. The van der Waals surface area contributed by atoms with Crippen LogP contribution < -0.4 is 33.2 Å². The molecule has 2 unspecified atom stereocenters. The summed E-state index contributed by atoms with van der Waals surface area (Å²) < 4.78 is 0. The van der Waals surface area contributed by atoms with E-state index in [0.29, 0.717) is 12.1 Å². The van der Waals surface area contributed by atoms with Gasteiger partial charge in [0.25, 0.3) is 0 Å². The Labute approximate surface area is 193 Å². The number of carbonyl (C=O) groups is 3. The van der Waals surface area contributed by atoms with Crippen molar-refractivity contribution in [2.75, 3.05) is 18.0 Å². The summed E-state index contributed by atoms with van der Waals surface area (Å²) in [6.07, 6.45) is 0.664. The Hall–Kier alpha value is -3.66. The molecule has 0 aliphatic rings. The van der Waals surface area contributed by atoms with Crippen molar-refractivity contribution in [2.45, 2.75) is 38.8 Å². The zero-order valence-corrected chi connectivity index (χ0v) is 19.0. The molecule has 2 atom stereocenters. The Morgan fingerprint density at radius 1 is 1.03 bits per heavy atom. The van der Waals surface area contributed by atoms with Crippen LogP contribution in [0.2, 0.25) is 0 Å². The highest BCUT2D eigenvalue weighted by molar-refractivity contribution is 6.04. The van der Waals surface area contributed by atoms with Crippen LogP contribution in [-0.4, -0.2) is 48.9 Å². The lowest BCUT2D eigenvalue weighted by Gasteiger charge is -2.30. The van der Waals surface area contributed by atoms with Gasteiger partial charge in [0.05, 0.1) is 12.6 Å². The highest BCUT2D eigenvalue weighted by atomic mass is 16.2. The minimum atomic E-state index is -0.955. The maximum atomic E-state index is 13.3. The van der Waals surface area contributed by atoms with Gasteiger partial charge in [-0.2, -0.15) is 0 Å². The van der Waals surface area contributed by atoms with Crippen LogP contribution in [-0.2, 0) is 14.4 Å². The Morgan fingerprint density at radius 3 is 2.30 bits per heavy atom. The number of carbonyl (C=O) groups excluding carboxylic acids is 3. The van der Waals surface area contributed by atoms with Crippen LogP contribution in [0.15, 0.2) is 47.5 Å². The van der Waals surface area contributed by atoms with Gasteiger partial charge in [0.2, 0.25) is 17.7 Å². The number of amides is 3. The highest BCUT2D eigenvalue weighted by Crippen LogP contribution is 2.25.